The van der Waals surface area contributed by atoms with Gasteiger partial charge < -0.3 is 5.11 Å². The maximum Gasteiger partial charge on any atom is 0.150 e. The first kappa shape index (κ1) is 42.7. The van der Waals surface area contributed by atoms with E-state index in [1.54, 1.807) is 0 Å². The third-order valence-corrected chi connectivity index (χ3v) is 11.8. The summed E-state index contributed by atoms with van der Waals surface area (Å²) in [5.74, 6) is 0.934. The van der Waals surface area contributed by atoms with E-state index in [1.807, 2.05) is 18.3 Å². The normalized spacial score (nSPS) is 12.2. The Morgan fingerprint density at radius 3 is 1.73 bits per heavy atom. The van der Waals surface area contributed by atoms with Crippen LogP contribution in [0.3, 0.4) is 0 Å². The fraction of sp³-hybridized carbons (Fsp3) is 0.214. The molecule has 0 aliphatic carbocycles. The Morgan fingerprint density at radius 1 is 0.532 bits per heavy atom. The Balaban J connectivity index is 0.00000529. The molecule has 5 nitrogen and oxygen atoms in total. The van der Waals surface area contributed by atoms with Crippen molar-refractivity contribution in [3.63, 3.8) is 0 Å². The Labute approximate surface area is 380 Å². The molecule has 3 heterocycles. The summed E-state index contributed by atoms with van der Waals surface area (Å²) in [5, 5.41) is 13.4. The number of para-hydroxylation sites is 2. The second kappa shape index (κ2) is 16.0. The van der Waals surface area contributed by atoms with Gasteiger partial charge in [0.1, 0.15) is 11.3 Å². The molecule has 0 saturated carbocycles. The van der Waals surface area contributed by atoms with E-state index in [9.17, 15) is 5.11 Å². The largest absolute Gasteiger partial charge is 0.507 e. The number of fused-ring (bicyclic) bond motifs is 3. The van der Waals surface area contributed by atoms with E-state index in [4.69, 9.17) is 9.97 Å². The molecule has 6 heteroatoms. The molecule has 9 rings (SSSR count). The quantitative estimate of drug-likeness (QED) is 0.169. The molecule has 0 unspecified atom stereocenters. The minimum Gasteiger partial charge on any atom is -0.507 e. The van der Waals surface area contributed by atoms with Gasteiger partial charge in [0.2, 0.25) is 0 Å². The van der Waals surface area contributed by atoms with Crippen molar-refractivity contribution in [2.24, 2.45) is 0 Å². The minimum atomic E-state index is -0.316. The first-order valence-corrected chi connectivity index (χ1v) is 21.2. The topological polar surface area (TPSA) is 55.9 Å². The number of benzene rings is 6. The zero-order valence-electron chi connectivity index (χ0n) is 37.0. The fourth-order valence-electron chi connectivity index (χ4n) is 8.42. The van der Waals surface area contributed by atoms with Crippen LogP contribution >= 0.6 is 0 Å². The average Bonchev–Trinajstić information content (AvgIpc) is 3.78. The van der Waals surface area contributed by atoms with E-state index < -0.39 is 0 Å². The van der Waals surface area contributed by atoms with Crippen LogP contribution in [0.15, 0.2) is 152 Å². The van der Waals surface area contributed by atoms with E-state index in [0.717, 1.165) is 78.1 Å². The Morgan fingerprint density at radius 2 is 1.11 bits per heavy atom. The standard InChI is InChI=1S/C56H53N4O.Pt/c1-54(2,3)40-31-38(30-39(32-40)47-33-37(28-29-57-47)36-20-13-10-14-21-36)44-26-19-27-48-49(44)50-53(59(48)42-22-15-11-16-23-42)60(43-24-17-12-18-25-43)52(58-50)45-34-41(55(4,5)6)35-46(51(45)61)56(7,8)9;/h10-29,31-35,61H,1-9H3;/q-1;. The summed E-state index contributed by atoms with van der Waals surface area (Å²) in [4.78, 5) is 10.6. The summed E-state index contributed by atoms with van der Waals surface area (Å²) in [6, 6.07) is 54.9. The van der Waals surface area contributed by atoms with Crippen LogP contribution in [0, 0.1) is 6.07 Å². The molecule has 0 radical (unpaired) electrons. The van der Waals surface area contributed by atoms with Crippen molar-refractivity contribution in [1.29, 1.82) is 0 Å². The number of aromatic nitrogens is 4. The molecule has 0 aliphatic rings. The molecule has 3 aromatic heterocycles. The predicted molar refractivity (Wildman–Crippen MR) is 254 cm³/mol. The summed E-state index contributed by atoms with van der Waals surface area (Å²) in [7, 11) is 0. The van der Waals surface area contributed by atoms with E-state index in [1.165, 1.54) is 5.56 Å². The number of imidazole rings is 1. The Hall–Kier alpha value is -6.03. The zero-order valence-corrected chi connectivity index (χ0v) is 39.3. The van der Waals surface area contributed by atoms with E-state index in [0.29, 0.717) is 11.4 Å². The van der Waals surface area contributed by atoms with Crippen LogP contribution in [0.25, 0.3) is 78.3 Å². The van der Waals surface area contributed by atoms with Crippen LogP contribution in [-0.2, 0) is 37.3 Å². The van der Waals surface area contributed by atoms with Gasteiger partial charge in [0.25, 0.3) is 0 Å². The van der Waals surface area contributed by atoms with Gasteiger partial charge in [-0.3, -0.25) is 14.1 Å². The SMILES string of the molecule is CC(C)(C)c1cc(-c2cc(-c3ccccc3)ccn2)[c-]c(-c2cccc3c2c2nc(-c4cc(C(C)(C)C)cc(C(C)(C)C)c4O)n(-c4ccccc4)c2n3-c2ccccc2)c1.[Pt]. The third kappa shape index (κ3) is 7.73. The Bertz CT molecular complexity index is 3070. The first-order valence-electron chi connectivity index (χ1n) is 21.2. The predicted octanol–water partition coefficient (Wildman–Crippen LogP) is 14.4. The molecule has 6 aromatic carbocycles. The average molecular weight is 993 g/mol. The minimum absolute atomic E-state index is 0. The van der Waals surface area contributed by atoms with Gasteiger partial charge in [-0.2, -0.15) is 0 Å². The van der Waals surface area contributed by atoms with Crippen LogP contribution in [0.4, 0.5) is 0 Å². The molecule has 0 spiro atoms. The number of hydrogen-bond donors (Lipinski definition) is 1. The molecule has 9 aromatic rings. The van der Waals surface area contributed by atoms with Crippen molar-refractivity contribution in [3.05, 3.63) is 175 Å². The van der Waals surface area contributed by atoms with Crippen molar-refractivity contribution >= 4 is 22.1 Å². The molecule has 62 heavy (non-hydrogen) atoms. The molecule has 0 fully saturated rings. The fourth-order valence-corrected chi connectivity index (χ4v) is 8.42. The number of rotatable bonds is 6. The van der Waals surface area contributed by atoms with Gasteiger partial charge in [-0.15, -0.1) is 29.3 Å². The van der Waals surface area contributed by atoms with Crippen molar-refractivity contribution < 1.29 is 26.2 Å². The monoisotopic (exact) mass is 992 g/mol. The van der Waals surface area contributed by atoms with Crippen LogP contribution in [0.2, 0.25) is 0 Å². The van der Waals surface area contributed by atoms with E-state index >= 15 is 0 Å². The molecular formula is C56H53N4OPt-. The summed E-state index contributed by atoms with van der Waals surface area (Å²) < 4.78 is 4.56. The summed E-state index contributed by atoms with van der Waals surface area (Å²) in [6.07, 6.45) is 1.89. The van der Waals surface area contributed by atoms with Gasteiger partial charge in [-0.25, -0.2) is 4.98 Å². The van der Waals surface area contributed by atoms with Crippen LogP contribution in [0.5, 0.6) is 5.75 Å². The summed E-state index contributed by atoms with van der Waals surface area (Å²) in [6.45, 7) is 19.9. The number of phenolic OH excluding ortho intramolecular Hbond substituents is 1. The number of pyridine rings is 1. The van der Waals surface area contributed by atoms with Crippen molar-refractivity contribution in [1.82, 2.24) is 19.1 Å². The molecule has 0 atom stereocenters. The van der Waals surface area contributed by atoms with Crippen molar-refractivity contribution in [3.8, 4) is 62.0 Å². The first-order chi connectivity index (χ1) is 29.1. The number of hydrogen-bond acceptors (Lipinski definition) is 3. The van der Waals surface area contributed by atoms with E-state index in [2.05, 4.69) is 211 Å². The second-order valence-corrected chi connectivity index (χ2v) is 19.3. The summed E-state index contributed by atoms with van der Waals surface area (Å²) >= 11 is 0. The van der Waals surface area contributed by atoms with E-state index in [-0.39, 0.29) is 43.1 Å². The number of phenols is 1. The van der Waals surface area contributed by atoms with Gasteiger partial charge in [0.15, 0.2) is 11.5 Å². The molecule has 0 saturated heterocycles. The number of nitrogens with zero attached hydrogens (tertiary/aromatic N) is 4. The van der Waals surface area contributed by atoms with Crippen LogP contribution in [-0.4, -0.2) is 24.2 Å². The molecular weight excluding hydrogens is 940 g/mol. The van der Waals surface area contributed by atoms with Crippen molar-refractivity contribution in [2.45, 2.75) is 78.6 Å². The molecule has 314 valence electrons. The van der Waals surface area contributed by atoms with Gasteiger partial charge in [0, 0.05) is 55.3 Å². The maximum atomic E-state index is 12.4. The maximum absolute atomic E-state index is 12.4. The molecule has 0 bridgehead atoms. The second-order valence-electron chi connectivity index (χ2n) is 19.3. The van der Waals surface area contributed by atoms with Gasteiger partial charge >= 0.3 is 0 Å². The van der Waals surface area contributed by atoms with Gasteiger partial charge in [0.05, 0.1) is 11.1 Å². The number of aromatic hydroxyl groups is 1. The Kier molecular flexibility index (Phi) is 11.0. The van der Waals surface area contributed by atoms with Crippen molar-refractivity contribution in [2.75, 3.05) is 0 Å². The molecule has 0 aliphatic heterocycles. The van der Waals surface area contributed by atoms with Crippen LogP contribution in [0.1, 0.15) is 79.0 Å². The molecule has 1 N–H and O–H groups in total. The zero-order chi connectivity index (χ0) is 42.8. The molecule has 0 amide bonds. The van der Waals surface area contributed by atoms with Crippen LogP contribution < -0.4 is 0 Å². The summed E-state index contributed by atoms with van der Waals surface area (Å²) in [5.41, 5.74) is 14.1. The third-order valence-electron chi connectivity index (χ3n) is 11.8. The van der Waals surface area contributed by atoms with Gasteiger partial charge in [-0.1, -0.05) is 164 Å². The van der Waals surface area contributed by atoms with Gasteiger partial charge in [-0.05, 0) is 75.4 Å². The smallest absolute Gasteiger partial charge is 0.150 e.